The van der Waals surface area contributed by atoms with Crippen LogP contribution in [0, 0.1) is 13.8 Å². The first-order valence-corrected chi connectivity index (χ1v) is 6.97. The minimum atomic E-state index is 0.153. The fourth-order valence-electron chi connectivity index (χ4n) is 1.77. The van der Waals surface area contributed by atoms with E-state index < -0.39 is 0 Å². The molecule has 0 spiro atoms. The van der Waals surface area contributed by atoms with Gasteiger partial charge in [0.25, 0.3) is 0 Å². The van der Waals surface area contributed by atoms with Crippen molar-refractivity contribution >= 4 is 22.2 Å². The minimum absolute atomic E-state index is 0.153. The molecule has 0 fully saturated rings. The summed E-state index contributed by atoms with van der Waals surface area (Å²) < 4.78 is 0. The molecule has 0 bridgehead atoms. The molecular formula is C14H19N3S. The second-order valence-electron chi connectivity index (χ2n) is 4.77. The third-order valence-corrected chi connectivity index (χ3v) is 3.52. The predicted molar refractivity (Wildman–Crippen MR) is 78.7 cm³/mol. The third-order valence-electron chi connectivity index (χ3n) is 2.72. The van der Waals surface area contributed by atoms with Gasteiger partial charge in [-0.1, -0.05) is 12.1 Å². The highest BCUT2D eigenvalue weighted by atomic mass is 32.1. The zero-order valence-corrected chi connectivity index (χ0v) is 11.8. The number of benzene rings is 1. The fourth-order valence-corrected chi connectivity index (χ4v) is 2.51. The van der Waals surface area contributed by atoms with Crippen LogP contribution >= 0.6 is 11.3 Å². The van der Waals surface area contributed by atoms with Gasteiger partial charge in [0, 0.05) is 23.5 Å². The molecule has 0 saturated heterocycles. The lowest BCUT2D eigenvalue weighted by Crippen LogP contribution is -2.17. The van der Waals surface area contributed by atoms with E-state index in [1.165, 1.54) is 11.1 Å². The smallest absolute Gasteiger partial charge is 0.187 e. The number of nitrogens with one attached hydrogen (secondary N) is 1. The first-order chi connectivity index (χ1) is 8.54. The van der Waals surface area contributed by atoms with Gasteiger partial charge in [-0.3, -0.25) is 0 Å². The summed E-state index contributed by atoms with van der Waals surface area (Å²) >= 11 is 1.62. The first kappa shape index (κ1) is 13.1. The molecule has 0 aliphatic heterocycles. The molecule has 3 nitrogen and oxygen atoms in total. The van der Waals surface area contributed by atoms with E-state index in [4.69, 9.17) is 5.73 Å². The molecule has 18 heavy (non-hydrogen) atoms. The summed E-state index contributed by atoms with van der Waals surface area (Å²) in [6.45, 7) is 6.18. The van der Waals surface area contributed by atoms with Crippen LogP contribution in [0.15, 0.2) is 23.6 Å². The van der Waals surface area contributed by atoms with Gasteiger partial charge in [-0.05, 0) is 38.0 Å². The van der Waals surface area contributed by atoms with Gasteiger partial charge < -0.3 is 11.1 Å². The Morgan fingerprint density at radius 1 is 1.39 bits per heavy atom. The van der Waals surface area contributed by atoms with Crippen LogP contribution < -0.4 is 11.1 Å². The van der Waals surface area contributed by atoms with Gasteiger partial charge in [0.2, 0.25) is 0 Å². The monoisotopic (exact) mass is 261 g/mol. The van der Waals surface area contributed by atoms with Gasteiger partial charge in [-0.2, -0.15) is 0 Å². The van der Waals surface area contributed by atoms with Crippen molar-refractivity contribution in [2.24, 2.45) is 5.73 Å². The van der Waals surface area contributed by atoms with E-state index in [2.05, 4.69) is 47.7 Å². The van der Waals surface area contributed by atoms with Crippen LogP contribution in [-0.4, -0.2) is 11.0 Å². The van der Waals surface area contributed by atoms with Gasteiger partial charge >= 0.3 is 0 Å². The summed E-state index contributed by atoms with van der Waals surface area (Å²) in [6.07, 6.45) is 0.824. The lowest BCUT2D eigenvalue weighted by Gasteiger charge is -2.07. The minimum Gasteiger partial charge on any atom is -0.331 e. The normalized spacial score (nSPS) is 12.4. The van der Waals surface area contributed by atoms with Crippen LogP contribution in [0.3, 0.4) is 0 Å². The molecule has 1 aromatic heterocycles. The number of aryl methyl sites for hydroxylation is 2. The van der Waals surface area contributed by atoms with E-state index in [9.17, 15) is 0 Å². The third kappa shape index (κ3) is 3.31. The summed E-state index contributed by atoms with van der Waals surface area (Å²) in [5.74, 6) is 0. The Bertz CT molecular complexity index is 532. The first-order valence-electron chi connectivity index (χ1n) is 6.09. The fraction of sp³-hybridized carbons (Fsp3) is 0.357. The van der Waals surface area contributed by atoms with Crippen LogP contribution in [0.1, 0.15) is 23.7 Å². The maximum absolute atomic E-state index is 5.77. The Morgan fingerprint density at radius 3 is 2.89 bits per heavy atom. The molecule has 1 unspecified atom stereocenters. The summed E-state index contributed by atoms with van der Waals surface area (Å²) in [6, 6.07) is 6.53. The van der Waals surface area contributed by atoms with Crippen LogP contribution in [-0.2, 0) is 6.42 Å². The van der Waals surface area contributed by atoms with Crippen molar-refractivity contribution in [3.63, 3.8) is 0 Å². The van der Waals surface area contributed by atoms with Gasteiger partial charge in [-0.15, -0.1) is 11.3 Å². The van der Waals surface area contributed by atoms with E-state index in [0.717, 1.165) is 22.9 Å². The largest absolute Gasteiger partial charge is 0.331 e. The second-order valence-corrected chi connectivity index (χ2v) is 5.63. The summed E-state index contributed by atoms with van der Waals surface area (Å²) in [5.41, 5.74) is 10.4. The van der Waals surface area contributed by atoms with Gasteiger partial charge in [0.05, 0.1) is 5.69 Å². The number of nitrogens with two attached hydrogens (primary N) is 1. The number of rotatable bonds is 4. The average molecular weight is 261 g/mol. The molecule has 0 saturated carbocycles. The van der Waals surface area contributed by atoms with Gasteiger partial charge in [0.1, 0.15) is 0 Å². The molecule has 1 heterocycles. The molecule has 3 N–H and O–H groups in total. The standard InChI is InChI=1S/C14H19N3S/c1-9-4-5-10(2)13(6-9)17-14-16-12(8-18-14)7-11(3)15/h4-6,8,11H,7,15H2,1-3H3,(H,16,17). The highest BCUT2D eigenvalue weighted by molar-refractivity contribution is 7.13. The van der Waals surface area contributed by atoms with Crippen molar-refractivity contribution in [1.29, 1.82) is 0 Å². The molecular weight excluding hydrogens is 242 g/mol. The van der Waals surface area contributed by atoms with Crippen molar-refractivity contribution in [3.8, 4) is 0 Å². The summed E-state index contributed by atoms with van der Waals surface area (Å²) in [7, 11) is 0. The number of aromatic nitrogens is 1. The Labute approximate surface area is 112 Å². The van der Waals surface area contributed by atoms with Crippen LogP contribution in [0.4, 0.5) is 10.8 Å². The van der Waals surface area contributed by atoms with Crippen LogP contribution in [0.2, 0.25) is 0 Å². The Morgan fingerprint density at radius 2 is 2.17 bits per heavy atom. The zero-order chi connectivity index (χ0) is 13.1. The highest BCUT2D eigenvalue weighted by Gasteiger charge is 2.06. The molecule has 2 aromatic rings. The van der Waals surface area contributed by atoms with E-state index in [1.807, 2.05) is 6.92 Å². The molecule has 0 radical (unpaired) electrons. The number of hydrogen-bond donors (Lipinski definition) is 2. The highest BCUT2D eigenvalue weighted by Crippen LogP contribution is 2.24. The second kappa shape index (κ2) is 5.50. The van der Waals surface area contributed by atoms with E-state index in [-0.39, 0.29) is 6.04 Å². The molecule has 0 aliphatic carbocycles. The lowest BCUT2D eigenvalue weighted by molar-refractivity contribution is 0.726. The quantitative estimate of drug-likeness (QED) is 0.887. The van der Waals surface area contributed by atoms with Crippen molar-refractivity contribution < 1.29 is 0 Å². The summed E-state index contributed by atoms with van der Waals surface area (Å²) in [5, 5.41) is 6.37. The topological polar surface area (TPSA) is 50.9 Å². The van der Waals surface area contributed by atoms with Gasteiger partial charge in [-0.25, -0.2) is 4.98 Å². The molecule has 1 atom stereocenters. The summed E-state index contributed by atoms with van der Waals surface area (Å²) in [4.78, 5) is 4.54. The van der Waals surface area contributed by atoms with Gasteiger partial charge in [0.15, 0.2) is 5.13 Å². The average Bonchev–Trinajstić information content (AvgIpc) is 2.70. The number of nitrogens with zero attached hydrogens (tertiary/aromatic N) is 1. The molecule has 4 heteroatoms. The molecule has 1 aromatic carbocycles. The van der Waals surface area contributed by atoms with Crippen LogP contribution in [0.25, 0.3) is 0 Å². The predicted octanol–water partition coefficient (Wildman–Crippen LogP) is 3.39. The zero-order valence-electron chi connectivity index (χ0n) is 11.0. The van der Waals surface area contributed by atoms with E-state index in [1.54, 1.807) is 11.3 Å². The molecule has 2 rings (SSSR count). The number of hydrogen-bond acceptors (Lipinski definition) is 4. The molecule has 0 amide bonds. The lowest BCUT2D eigenvalue weighted by atomic mass is 10.1. The van der Waals surface area contributed by atoms with Crippen molar-refractivity contribution in [2.45, 2.75) is 33.2 Å². The number of anilines is 2. The van der Waals surface area contributed by atoms with Crippen molar-refractivity contribution in [1.82, 2.24) is 4.98 Å². The Balaban J connectivity index is 2.13. The number of thiazole rings is 1. The van der Waals surface area contributed by atoms with Crippen molar-refractivity contribution in [3.05, 3.63) is 40.4 Å². The maximum atomic E-state index is 5.77. The van der Waals surface area contributed by atoms with E-state index >= 15 is 0 Å². The Hall–Kier alpha value is -1.39. The van der Waals surface area contributed by atoms with Crippen LogP contribution in [0.5, 0.6) is 0 Å². The maximum Gasteiger partial charge on any atom is 0.187 e. The Kier molecular flexibility index (Phi) is 3.99. The molecule has 96 valence electrons. The SMILES string of the molecule is Cc1ccc(C)c(Nc2nc(CC(C)N)cs2)c1. The molecule has 0 aliphatic rings. The van der Waals surface area contributed by atoms with Crippen molar-refractivity contribution in [2.75, 3.05) is 5.32 Å². The van der Waals surface area contributed by atoms with E-state index in [0.29, 0.717) is 0 Å².